The Kier molecular flexibility index (Phi) is 4.86. The van der Waals surface area contributed by atoms with E-state index in [1.807, 2.05) is 6.92 Å². The summed E-state index contributed by atoms with van der Waals surface area (Å²) in [7, 11) is 0. The molecule has 3 N–H and O–H groups in total. The first-order valence-corrected chi connectivity index (χ1v) is 6.90. The van der Waals surface area contributed by atoms with Crippen molar-refractivity contribution in [3.63, 3.8) is 0 Å². The fraction of sp³-hybridized carbons (Fsp3) is 0.615. The number of hydrogen-bond donors (Lipinski definition) is 2. The van der Waals surface area contributed by atoms with Gasteiger partial charge < -0.3 is 17.0 Å². The molecule has 116 valence electrons. The standard InChI is InChI=1S/C13H17N3O5.Na.H/c1-2-15-4-6-3-7(5-21-13(14)20)9(12(18)19)16-8(6)10(15)11(16)17;;/h6,8,10H,2-5H2,1H3,(H2,14,20)(H,18,19);;/q;+1;-1/t6-,8-,10+;;/m1../s1. The zero-order chi connectivity index (χ0) is 15.3. The molecule has 9 heteroatoms. The van der Waals surface area contributed by atoms with E-state index in [0.29, 0.717) is 12.0 Å². The second-order valence-electron chi connectivity index (χ2n) is 5.56. The molecule has 0 aliphatic carbocycles. The van der Waals surface area contributed by atoms with E-state index in [9.17, 15) is 19.5 Å². The number of amides is 2. The Morgan fingerprint density at radius 1 is 1.50 bits per heavy atom. The van der Waals surface area contributed by atoms with Crippen molar-refractivity contribution in [3.05, 3.63) is 11.3 Å². The first-order valence-electron chi connectivity index (χ1n) is 6.90. The Balaban J connectivity index is 0.00000132. The van der Waals surface area contributed by atoms with Crippen LogP contribution < -0.4 is 35.3 Å². The average molecular weight is 319 g/mol. The molecule has 8 nitrogen and oxygen atoms in total. The summed E-state index contributed by atoms with van der Waals surface area (Å²) >= 11 is 0. The van der Waals surface area contributed by atoms with Crippen LogP contribution in [-0.4, -0.2) is 64.7 Å². The predicted octanol–water partition coefficient (Wildman–Crippen LogP) is -3.53. The molecule has 2 fully saturated rings. The number of nitrogens with zero attached hydrogens (tertiary/aromatic N) is 2. The van der Waals surface area contributed by atoms with Crippen LogP contribution in [0.2, 0.25) is 0 Å². The molecule has 3 heterocycles. The van der Waals surface area contributed by atoms with Gasteiger partial charge in [0.1, 0.15) is 18.3 Å². The van der Waals surface area contributed by atoms with Crippen molar-refractivity contribution >= 4 is 18.0 Å². The van der Waals surface area contributed by atoms with E-state index in [4.69, 9.17) is 10.5 Å². The van der Waals surface area contributed by atoms with E-state index in [1.54, 1.807) is 0 Å². The number of carbonyl (C=O) groups is 3. The molecule has 0 unspecified atom stereocenters. The van der Waals surface area contributed by atoms with Gasteiger partial charge in [0.2, 0.25) is 5.91 Å². The smallest absolute Gasteiger partial charge is 1.00 e. The summed E-state index contributed by atoms with van der Waals surface area (Å²) in [6.45, 7) is 3.31. The Morgan fingerprint density at radius 3 is 2.73 bits per heavy atom. The van der Waals surface area contributed by atoms with E-state index in [0.717, 1.165) is 13.1 Å². The van der Waals surface area contributed by atoms with E-state index >= 15 is 0 Å². The van der Waals surface area contributed by atoms with E-state index < -0.39 is 12.1 Å². The van der Waals surface area contributed by atoms with E-state index in [1.165, 1.54) is 4.90 Å². The Morgan fingerprint density at radius 2 is 2.18 bits per heavy atom. The number of β-lactam (4-membered cyclic amide) rings is 1. The van der Waals surface area contributed by atoms with Crippen LogP contribution in [0.5, 0.6) is 0 Å². The summed E-state index contributed by atoms with van der Waals surface area (Å²) in [5.41, 5.74) is 5.34. The molecule has 0 aromatic rings. The van der Waals surface area contributed by atoms with Crippen LogP contribution in [0.1, 0.15) is 14.8 Å². The molecule has 0 aromatic heterocycles. The van der Waals surface area contributed by atoms with Gasteiger partial charge in [0.25, 0.3) is 0 Å². The van der Waals surface area contributed by atoms with Crippen molar-refractivity contribution in [2.45, 2.75) is 25.4 Å². The van der Waals surface area contributed by atoms with Crippen LogP contribution in [-0.2, 0) is 14.3 Å². The number of likely N-dealkylation sites (N-methyl/N-ethyl adjacent to an activating group) is 1. The number of primary amides is 1. The number of aliphatic carboxylic acids is 1. The molecule has 2 amide bonds. The predicted molar refractivity (Wildman–Crippen MR) is 71.1 cm³/mol. The molecule has 2 saturated heterocycles. The number of nitrogens with two attached hydrogens (primary N) is 1. The molecule has 3 aliphatic rings. The molecule has 22 heavy (non-hydrogen) atoms. The minimum Gasteiger partial charge on any atom is -1.00 e. The van der Waals surface area contributed by atoms with Crippen LogP contribution >= 0.6 is 0 Å². The zero-order valence-corrected chi connectivity index (χ0v) is 14.6. The molecule has 3 atom stereocenters. The molecule has 0 bridgehead atoms. The van der Waals surface area contributed by atoms with Crippen molar-refractivity contribution in [1.29, 1.82) is 0 Å². The summed E-state index contributed by atoms with van der Waals surface area (Å²) in [4.78, 5) is 37.9. The average Bonchev–Trinajstić information content (AvgIpc) is 2.78. The van der Waals surface area contributed by atoms with Crippen molar-refractivity contribution in [2.75, 3.05) is 19.7 Å². The van der Waals surface area contributed by atoms with Crippen LogP contribution in [0, 0.1) is 5.92 Å². The summed E-state index contributed by atoms with van der Waals surface area (Å²) in [6, 6.07) is -0.270. The minimum absolute atomic E-state index is 0. The monoisotopic (exact) mass is 319 g/mol. The number of likely N-dealkylation sites (tertiary alicyclic amines) is 1. The fourth-order valence-electron chi connectivity index (χ4n) is 3.75. The van der Waals surface area contributed by atoms with Gasteiger partial charge in [-0.3, -0.25) is 14.6 Å². The van der Waals surface area contributed by atoms with Crippen LogP contribution in [0.3, 0.4) is 0 Å². The zero-order valence-electron chi connectivity index (χ0n) is 13.6. The topological polar surface area (TPSA) is 113 Å². The molecule has 0 spiro atoms. The third-order valence-electron chi connectivity index (χ3n) is 4.54. The maximum absolute atomic E-state index is 12.3. The Hall–Kier alpha value is -1.09. The number of carbonyl (C=O) groups excluding carboxylic acids is 2. The maximum atomic E-state index is 12.3. The number of rotatable bonds is 4. The molecule has 3 rings (SSSR count). The number of ether oxygens (including phenoxy) is 1. The number of hydrogen-bond acceptors (Lipinski definition) is 5. The van der Waals surface area contributed by atoms with Crippen molar-refractivity contribution in [1.82, 2.24) is 9.80 Å². The van der Waals surface area contributed by atoms with Crippen molar-refractivity contribution in [3.8, 4) is 0 Å². The number of carboxylic acids is 1. The molecular weight excluding hydrogens is 301 g/mol. The molecule has 3 aliphatic heterocycles. The minimum atomic E-state index is -1.17. The van der Waals surface area contributed by atoms with Gasteiger partial charge in [0.05, 0.1) is 6.04 Å². The van der Waals surface area contributed by atoms with Crippen molar-refractivity contribution < 1.29 is 55.2 Å². The Bertz CT molecular complexity index is 570. The first kappa shape index (κ1) is 17.3. The molecule has 0 saturated carbocycles. The quantitative estimate of drug-likeness (QED) is 0.410. The second kappa shape index (κ2) is 6.19. The van der Waals surface area contributed by atoms with Crippen LogP contribution in [0.15, 0.2) is 11.3 Å². The summed E-state index contributed by atoms with van der Waals surface area (Å²) in [5.74, 6) is -1.17. The first-order chi connectivity index (χ1) is 9.95. The fourth-order valence-corrected chi connectivity index (χ4v) is 3.75. The third-order valence-corrected chi connectivity index (χ3v) is 4.54. The van der Waals surface area contributed by atoms with Gasteiger partial charge in [-0.05, 0) is 24.5 Å². The Labute approximate surface area is 151 Å². The van der Waals surface area contributed by atoms with Gasteiger partial charge in [-0.25, -0.2) is 9.59 Å². The second-order valence-corrected chi connectivity index (χ2v) is 5.56. The molecular formula is C13H18N3NaO5. The van der Waals surface area contributed by atoms with Gasteiger partial charge in [-0.15, -0.1) is 0 Å². The van der Waals surface area contributed by atoms with Gasteiger partial charge in [0.15, 0.2) is 0 Å². The van der Waals surface area contributed by atoms with E-state index in [2.05, 4.69) is 4.90 Å². The molecule has 0 radical (unpaired) electrons. The molecule has 0 aromatic carbocycles. The van der Waals surface area contributed by atoms with Gasteiger partial charge in [-0.2, -0.15) is 0 Å². The summed E-state index contributed by atoms with van der Waals surface area (Å²) in [5, 5.41) is 9.39. The SMILES string of the molecule is CCN1C[C@H]2CC(COC(N)=O)=C(C(=O)O)N3C(=O)[C@@H]1[C@@H]23.[H-].[Na+]. The third kappa shape index (κ3) is 2.44. The van der Waals surface area contributed by atoms with Gasteiger partial charge in [-0.1, -0.05) is 6.92 Å². The largest absolute Gasteiger partial charge is 1.00 e. The van der Waals surface area contributed by atoms with Crippen LogP contribution in [0.4, 0.5) is 4.79 Å². The van der Waals surface area contributed by atoms with Crippen molar-refractivity contribution in [2.24, 2.45) is 11.7 Å². The van der Waals surface area contributed by atoms with Gasteiger partial charge in [0, 0.05) is 6.54 Å². The van der Waals surface area contributed by atoms with E-state index in [-0.39, 0.29) is 67.2 Å². The maximum Gasteiger partial charge on any atom is 1.00 e. The normalized spacial score (nSPS) is 29.6. The summed E-state index contributed by atoms with van der Waals surface area (Å²) in [6.07, 6.45) is -0.445. The van der Waals surface area contributed by atoms with Gasteiger partial charge >= 0.3 is 41.6 Å². The summed E-state index contributed by atoms with van der Waals surface area (Å²) < 4.78 is 4.73. The number of carboxylic acid groups (broad SMARTS) is 1. The van der Waals surface area contributed by atoms with Crippen LogP contribution in [0.25, 0.3) is 0 Å².